The number of aromatic amines is 2. The Labute approximate surface area is 447 Å². The zero-order chi connectivity index (χ0) is 57.6. The highest BCUT2D eigenvalue weighted by molar-refractivity contribution is 7.66. The molecular weight excluding hydrogens is 1160 g/mol. The zero-order valence-electron chi connectivity index (χ0n) is 41.5. The fraction of sp³-hybridized carbons (Fsp3) is 0.500. The van der Waals surface area contributed by atoms with Crippen LogP contribution in [0.4, 0.5) is 11.8 Å². The van der Waals surface area contributed by atoms with Crippen molar-refractivity contribution < 1.29 is 104 Å². The van der Waals surface area contributed by atoms with Gasteiger partial charge in [-0.3, -0.25) is 37.7 Å². The van der Waals surface area contributed by atoms with Crippen LogP contribution in [0.3, 0.4) is 0 Å². The van der Waals surface area contributed by atoms with Gasteiger partial charge in [-0.25, -0.2) is 38.0 Å². The number of aromatic nitrogens is 10. The number of phosphoric acid groups is 3. The molecule has 3 aliphatic rings. The maximum Gasteiger partial charge on any atom is 0.490 e. The molecule has 12 N–H and O–H groups in total. The minimum Gasteiger partial charge on any atom is -0.778 e. The largest absolute Gasteiger partial charge is 0.778 e. The molecule has 3 saturated heterocycles. The van der Waals surface area contributed by atoms with Crippen LogP contribution in [-0.4, -0.2) is 163 Å². The van der Waals surface area contributed by atoms with Crippen LogP contribution in [0.5, 0.6) is 0 Å². The number of fused-ring (bicyclic) bond motifs is 2. The van der Waals surface area contributed by atoms with Gasteiger partial charge in [-0.15, -0.1) is 0 Å². The number of nitrogens with zero attached hydrogens (tertiary/aromatic N) is 8. The number of ether oxygens (including phenoxy) is 5. The Hall–Kier alpha value is -5.36. The van der Waals surface area contributed by atoms with Crippen molar-refractivity contribution in [2.45, 2.75) is 80.0 Å². The monoisotopic (exact) mass is 1210 g/mol. The van der Waals surface area contributed by atoms with Crippen LogP contribution in [-0.2, 0) is 70.7 Å². The van der Waals surface area contributed by atoms with Crippen molar-refractivity contribution in [2.24, 2.45) is 5.92 Å². The Morgan fingerprint density at radius 3 is 2.08 bits per heavy atom. The molecular formula is C40H52N12O24P4. The molecule has 9 rings (SSSR count). The second kappa shape index (κ2) is 23.5. The molecule has 36 nitrogen and oxygen atoms in total. The van der Waals surface area contributed by atoms with Crippen molar-refractivity contribution in [3.8, 4) is 0 Å². The number of aliphatic hydroxyl groups excluding tert-OH is 3. The second-order valence-corrected chi connectivity index (χ2v) is 24.7. The van der Waals surface area contributed by atoms with Crippen LogP contribution in [0.2, 0.25) is 0 Å². The topological polar surface area (TPSA) is 510 Å². The normalized spacial score (nSPS) is 29.2. The molecule has 5 aromatic heterocycles. The van der Waals surface area contributed by atoms with Crippen LogP contribution in [0.25, 0.3) is 22.3 Å². The zero-order valence-corrected chi connectivity index (χ0v) is 45.1. The van der Waals surface area contributed by atoms with Gasteiger partial charge in [0.25, 0.3) is 16.7 Å². The fourth-order valence-electron chi connectivity index (χ4n) is 9.48. The van der Waals surface area contributed by atoms with Gasteiger partial charge in [0.05, 0.1) is 44.0 Å². The fourth-order valence-corrected chi connectivity index (χ4v) is 14.7. The molecule has 5 unspecified atom stereocenters. The number of nitrogens with two attached hydrogens (primary N) is 2. The minimum absolute atomic E-state index is 0.0115. The molecule has 0 amide bonds. The van der Waals surface area contributed by atoms with E-state index in [0.717, 1.165) is 46.7 Å². The highest BCUT2D eigenvalue weighted by Crippen LogP contribution is 2.68. The highest BCUT2D eigenvalue weighted by atomic mass is 31.3. The molecule has 0 aliphatic carbocycles. The van der Waals surface area contributed by atoms with E-state index < -0.39 is 141 Å². The number of hydrogen-bond acceptors (Lipinski definition) is 27. The summed E-state index contributed by atoms with van der Waals surface area (Å²) in [5, 5.41) is 33.2. The number of benzene rings is 1. The number of H-pyrrole nitrogens is 2. The van der Waals surface area contributed by atoms with Gasteiger partial charge in [-0.2, -0.15) is 18.2 Å². The predicted molar refractivity (Wildman–Crippen MR) is 263 cm³/mol. The van der Waals surface area contributed by atoms with E-state index in [4.69, 9.17) is 48.7 Å². The number of rotatable bonds is 23. The van der Waals surface area contributed by atoms with E-state index in [-0.39, 0.29) is 53.7 Å². The van der Waals surface area contributed by atoms with Crippen LogP contribution >= 0.6 is 31.1 Å². The Morgan fingerprint density at radius 2 is 1.40 bits per heavy atom. The molecule has 0 spiro atoms. The van der Waals surface area contributed by atoms with Gasteiger partial charge in [0, 0.05) is 39.0 Å². The first-order valence-corrected chi connectivity index (χ1v) is 29.7. The van der Waals surface area contributed by atoms with Gasteiger partial charge in [0.1, 0.15) is 56.5 Å². The van der Waals surface area contributed by atoms with Crippen molar-refractivity contribution in [3.05, 3.63) is 98.3 Å². The lowest BCUT2D eigenvalue weighted by Crippen LogP contribution is -2.40. The molecule has 40 heteroatoms. The summed E-state index contributed by atoms with van der Waals surface area (Å²) in [6.45, 7) is -3.19. The summed E-state index contributed by atoms with van der Waals surface area (Å²) in [7, 11) is -21.2. The summed E-state index contributed by atoms with van der Waals surface area (Å²) in [5.74, 6) is -1.35. The summed E-state index contributed by atoms with van der Waals surface area (Å²) >= 11 is 0. The average Bonchev–Trinajstić information content (AvgIpc) is 4.23. The Balaban J connectivity index is 0.888. The standard InChI is InChI=1S/C40H52N12O24P4/c1-67-11-9-20-21(72-36(27(20)54)52-18-49(12-19-6-4-3-5-7-19)26-34(52)47-39(42)48-35(26)57)13-70-78(61,62)75-80(65,66)76-79(63,64)71-15-23-31(30(68-2)38(74-23)51-17-45-25-32(41)43-16-44-33(25)51)77(59,60)69-14-22-28(55)29(56)37(73-22)50-10-8-24(53)46-40(50)58/h3-8,10,16-18,20-23,27-31,36-38,54-56H,9,11-15H2,1-2H3,(H9-,41,42,43,44,46,47,48,53,57,58,59,60,61,62,63,64,65,66)/t20-,21-,22-,23?,27-,28-,29-,30-,31-,36-,37-,38-/m1/s1. The van der Waals surface area contributed by atoms with E-state index in [1.807, 2.05) is 4.98 Å². The van der Waals surface area contributed by atoms with Gasteiger partial charge in [0.2, 0.25) is 18.5 Å². The Morgan fingerprint density at radius 1 is 0.750 bits per heavy atom. The van der Waals surface area contributed by atoms with E-state index in [9.17, 15) is 67.5 Å². The van der Waals surface area contributed by atoms with Crippen molar-refractivity contribution in [2.75, 3.05) is 52.1 Å². The Bertz CT molecular complexity index is 3610. The lowest BCUT2D eigenvalue weighted by Gasteiger charge is -2.35. The molecule has 6 aromatic rings. The third kappa shape index (κ3) is 12.5. The highest BCUT2D eigenvalue weighted by Gasteiger charge is 2.55. The van der Waals surface area contributed by atoms with Crippen molar-refractivity contribution in [1.82, 2.24) is 43.6 Å². The van der Waals surface area contributed by atoms with Gasteiger partial charge < -0.3 is 79.1 Å². The molecule has 1 aromatic carbocycles. The first-order chi connectivity index (χ1) is 37.8. The summed E-state index contributed by atoms with van der Waals surface area (Å²) in [6, 6.07) is 9.90. The Kier molecular flexibility index (Phi) is 17.4. The summed E-state index contributed by atoms with van der Waals surface area (Å²) in [6.07, 6.45) is -11.9. The van der Waals surface area contributed by atoms with Gasteiger partial charge >= 0.3 is 34.7 Å². The summed E-state index contributed by atoms with van der Waals surface area (Å²) < 4.78 is 111. The predicted octanol–water partition coefficient (Wildman–Crippen LogP) is -2.64. The van der Waals surface area contributed by atoms with E-state index >= 15 is 0 Å². The number of hydrogen-bond donors (Lipinski definition) is 10. The molecule has 0 radical (unpaired) electrons. The van der Waals surface area contributed by atoms with Crippen LogP contribution in [0.15, 0.2) is 76.0 Å². The molecule has 436 valence electrons. The smallest absolute Gasteiger partial charge is 0.490 e. The minimum atomic E-state index is -6.23. The lowest BCUT2D eigenvalue weighted by atomic mass is 9.95. The number of imidazole rings is 2. The van der Waals surface area contributed by atoms with E-state index in [1.54, 1.807) is 30.3 Å². The van der Waals surface area contributed by atoms with Crippen LogP contribution < -0.4 is 37.7 Å². The molecule has 80 heavy (non-hydrogen) atoms. The summed E-state index contributed by atoms with van der Waals surface area (Å²) in [5.41, 5.74) is 8.09. The maximum atomic E-state index is 14.3. The first-order valence-electron chi connectivity index (χ1n) is 23.6. The number of anilines is 2. The van der Waals surface area contributed by atoms with Crippen LogP contribution in [0.1, 0.15) is 30.7 Å². The van der Waals surface area contributed by atoms with E-state index in [1.165, 1.54) is 22.6 Å². The average molecular weight is 1210 g/mol. The second-order valence-electron chi connectivity index (χ2n) is 18.2. The maximum absolute atomic E-state index is 14.3. The third-order valence-electron chi connectivity index (χ3n) is 13.0. The van der Waals surface area contributed by atoms with Crippen molar-refractivity contribution >= 4 is 65.2 Å². The van der Waals surface area contributed by atoms with E-state index in [0.29, 0.717) is 0 Å². The molecule has 0 saturated carbocycles. The van der Waals surface area contributed by atoms with E-state index in [2.05, 4.69) is 33.5 Å². The molecule has 8 heterocycles. The lowest BCUT2D eigenvalue weighted by molar-refractivity contribution is -0.664. The van der Waals surface area contributed by atoms with Crippen LogP contribution in [0, 0.1) is 5.92 Å². The number of aliphatic hydroxyl groups is 3. The van der Waals surface area contributed by atoms with Gasteiger partial charge in [-0.05, 0) is 12.0 Å². The third-order valence-corrected chi connectivity index (χ3v) is 19.2. The van der Waals surface area contributed by atoms with Gasteiger partial charge in [-0.1, -0.05) is 30.3 Å². The SMILES string of the molecule is COCC[C@H]1[C@@H](O)[C@H](n2c[n+](Cc3ccccc3)c3c(=O)[nH]c(N)nc32)O[C@@H]1COP(=O)(O)OP(=O)(O)OP(=O)(O)OCC1O[C@@H](n2cnc3c(N)ncnc32)[C@H](OC)[C@@H]1P(=O)([O-])OC[C@H]1O[C@@H](n2ccc(=O)[nH]c2=O)[C@H](O)[C@@H]1O. The van der Waals surface area contributed by atoms with Crippen molar-refractivity contribution in [3.63, 3.8) is 0 Å². The molecule has 16 atom stereocenters. The number of nitrogens with one attached hydrogen (secondary N) is 2. The van der Waals surface area contributed by atoms with Crippen molar-refractivity contribution in [1.29, 1.82) is 0 Å². The number of methoxy groups -OCH3 is 2. The number of nitrogen functional groups attached to an aromatic ring is 2. The first kappa shape index (κ1) is 59.3. The number of phosphoric ester groups is 2. The molecule has 3 fully saturated rings. The molecule has 3 aliphatic heterocycles. The summed E-state index contributed by atoms with van der Waals surface area (Å²) in [4.78, 5) is 104. The quantitative estimate of drug-likeness (QED) is 0.0232. The van der Waals surface area contributed by atoms with Gasteiger partial charge in [0.15, 0.2) is 23.9 Å². The molecule has 0 bridgehead atoms.